The molecular formula is C36H42F3N3O. The van der Waals surface area contributed by atoms with Crippen LogP contribution in [0, 0.1) is 12.3 Å². The average Bonchev–Trinajstić information content (AvgIpc) is 3.53. The topological polar surface area (TPSA) is 20.6 Å². The summed E-state index contributed by atoms with van der Waals surface area (Å²) in [5, 5.41) is 1.15. The summed E-state index contributed by atoms with van der Waals surface area (Å²) >= 11 is 0. The molecule has 0 amide bonds. The van der Waals surface area contributed by atoms with Crippen molar-refractivity contribution in [2.45, 2.75) is 71.9 Å². The van der Waals surface area contributed by atoms with Crippen molar-refractivity contribution in [3.63, 3.8) is 0 Å². The van der Waals surface area contributed by atoms with Crippen LogP contribution in [-0.4, -0.2) is 46.9 Å². The Morgan fingerprint density at radius 3 is 2.23 bits per heavy atom. The van der Waals surface area contributed by atoms with Crippen LogP contribution in [0.1, 0.15) is 55.7 Å². The Labute approximate surface area is 253 Å². The van der Waals surface area contributed by atoms with Gasteiger partial charge in [-0.3, -0.25) is 9.80 Å². The third-order valence-corrected chi connectivity index (χ3v) is 9.43. The van der Waals surface area contributed by atoms with E-state index in [1.807, 2.05) is 0 Å². The summed E-state index contributed by atoms with van der Waals surface area (Å²) in [6, 6.07) is 21.9. The van der Waals surface area contributed by atoms with E-state index >= 15 is 0 Å². The number of hydrogen-bond acceptors (Lipinski definition) is 3. The van der Waals surface area contributed by atoms with Gasteiger partial charge in [0.1, 0.15) is 5.75 Å². The largest absolute Gasteiger partial charge is 0.573 e. The van der Waals surface area contributed by atoms with Crippen LogP contribution in [0.3, 0.4) is 0 Å². The number of fused-ring (bicyclic) bond motifs is 1. The summed E-state index contributed by atoms with van der Waals surface area (Å²) in [5.74, 6) is -0.199. The lowest BCUT2D eigenvalue weighted by molar-refractivity contribution is -0.274. The minimum Gasteiger partial charge on any atom is -0.406 e. The normalized spacial score (nSPS) is 17.7. The van der Waals surface area contributed by atoms with Gasteiger partial charge in [0.15, 0.2) is 0 Å². The summed E-state index contributed by atoms with van der Waals surface area (Å²) in [6.45, 7) is 11.8. The standard InChI is InChI=1S/C36H42F3N3O/c1-3-4-17-42-25-33(30-9-11-31(12-10-30)43-36(37,38)39)32-22-29(8-13-34(32)42)24-41-20-16-35(26-41)14-18-40(19-15-35)23-28-7-5-6-27(2)21-28/h5-13,21-22,25H,3-4,14-20,23-24,26H2,1-2H3. The quantitative estimate of drug-likeness (QED) is 0.195. The van der Waals surface area contributed by atoms with Crippen LogP contribution in [0.5, 0.6) is 5.75 Å². The number of hydrogen-bond donors (Lipinski definition) is 0. The van der Waals surface area contributed by atoms with Gasteiger partial charge in [-0.1, -0.05) is 61.4 Å². The number of likely N-dealkylation sites (tertiary alicyclic amines) is 2. The predicted molar refractivity (Wildman–Crippen MR) is 167 cm³/mol. The molecule has 1 aromatic heterocycles. The fraction of sp³-hybridized carbons (Fsp3) is 0.444. The van der Waals surface area contributed by atoms with Crippen LogP contribution in [0.4, 0.5) is 13.2 Å². The summed E-state index contributed by atoms with van der Waals surface area (Å²) in [7, 11) is 0. The number of aryl methyl sites for hydroxylation is 2. The minimum atomic E-state index is -4.70. The Balaban J connectivity index is 1.15. The molecule has 43 heavy (non-hydrogen) atoms. The first kappa shape index (κ1) is 29.8. The molecule has 3 heterocycles. The minimum absolute atomic E-state index is 0.199. The van der Waals surface area contributed by atoms with Gasteiger partial charge in [-0.05, 0) is 98.6 Å². The molecule has 7 heteroatoms. The van der Waals surface area contributed by atoms with Crippen molar-refractivity contribution in [1.29, 1.82) is 0 Å². The van der Waals surface area contributed by atoms with Gasteiger partial charge >= 0.3 is 6.36 Å². The number of nitrogens with zero attached hydrogens (tertiary/aromatic N) is 3. The van der Waals surface area contributed by atoms with Gasteiger partial charge in [0.05, 0.1) is 0 Å². The maximum Gasteiger partial charge on any atom is 0.573 e. The van der Waals surface area contributed by atoms with Gasteiger partial charge in [0.25, 0.3) is 0 Å². The molecule has 4 aromatic rings. The van der Waals surface area contributed by atoms with Crippen LogP contribution >= 0.6 is 0 Å². The molecule has 6 rings (SSSR count). The van der Waals surface area contributed by atoms with Gasteiger partial charge in [0.2, 0.25) is 0 Å². The lowest BCUT2D eigenvalue weighted by Crippen LogP contribution is -2.41. The van der Waals surface area contributed by atoms with E-state index in [4.69, 9.17) is 0 Å². The van der Waals surface area contributed by atoms with Crippen molar-refractivity contribution in [2.75, 3.05) is 26.2 Å². The first-order valence-electron chi connectivity index (χ1n) is 15.7. The zero-order valence-electron chi connectivity index (χ0n) is 25.3. The summed E-state index contributed by atoms with van der Waals surface area (Å²) in [6.07, 6.45) is 3.40. The number of ether oxygens (including phenoxy) is 1. The fourth-order valence-corrected chi connectivity index (χ4v) is 7.11. The smallest absolute Gasteiger partial charge is 0.406 e. The molecule has 3 aromatic carbocycles. The third kappa shape index (κ3) is 7.10. The highest BCUT2D eigenvalue weighted by Gasteiger charge is 2.40. The Morgan fingerprint density at radius 1 is 0.837 bits per heavy atom. The summed E-state index contributed by atoms with van der Waals surface area (Å²) in [4.78, 5) is 5.23. The molecule has 0 saturated carbocycles. The van der Waals surface area contributed by atoms with E-state index in [1.165, 1.54) is 53.6 Å². The van der Waals surface area contributed by atoms with E-state index in [0.29, 0.717) is 5.41 Å². The lowest BCUT2D eigenvalue weighted by Gasteiger charge is -2.39. The Morgan fingerprint density at radius 2 is 1.53 bits per heavy atom. The van der Waals surface area contributed by atoms with E-state index in [0.717, 1.165) is 75.2 Å². The molecule has 2 saturated heterocycles. The third-order valence-electron chi connectivity index (χ3n) is 9.43. The van der Waals surface area contributed by atoms with Crippen molar-refractivity contribution < 1.29 is 17.9 Å². The highest BCUT2D eigenvalue weighted by Crippen LogP contribution is 2.41. The van der Waals surface area contributed by atoms with Crippen molar-refractivity contribution in [2.24, 2.45) is 5.41 Å². The van der Waals surface area contributed by atoms with E-state index < -0.39 is 6.36 Å². The molecule has 2 aliphatic heterocycles. The van der Waals surface area contributed by atoms with E-state index in [-0.39, 0.29) is 5.75 Å². The lowest BCUT2D eigenvalue weighted by atomic mass is 9.77. The van der Waals surface area contributed by atoms with Crippen molar-refractivity contribution in [1.82, 2.24) is 14.4 Å². The van der Waals surface area contributed by atoms with Crippen molar-refractivity contribution in [3.05, 3.63) is 89.6 Å². The second-order valence-corrected chi connectivity index (χ2v) is 12.7. The first-order chi connectivity index (χ1) is 20.7. The monoisotopic (exact) mass is 589 g/mol. The molecule has 0 atom stereocenters. The molecule has 0 unspecified atom stereocenters. The number of halogens is 3. The van der Waals surface area contributed by atoms with E-state index in [1.54, 1.807) is 12.1 Å². The summed E-state index contributed by atoms with van der Waals surface area (Å²) < 4.78 is 44.5. The first-order valence-corrected chi connectivity index (χ1v) is 15.7. The Kier molecular flexibility index (Phi) is 8.56. The van der Waals surface area contributed by atoms with E-state index in [9.17, 15) is 13.2 Å². The number of aromatic nitrogens is 1. The molecule has 0 bridgehead atoms. The number of rotatable bonds is 9. The Hall–Kier alpha value is -3.29. The van der Waals surface area contributed by atoms with Crippen LogP contribution < -0.4 is 4.74 Å². The Bertz CT molecular complexity index is 1530. The molecule has 2 aliphatic rings. The van der Waals surface area contributed by atoms with Gasteiger partial charge in [-0.15, -0.1) is 13.2 Å². The van der Waals surface area contributed by atoms with E-state index in [2.05, 4.69) is 81.6 Å². The van der Waals surface area contributed by atoms with Gasteiger partial charge < -0.3 is 9.30 Å². The zero-order chi connectivity index (χ0) is 30.0. The SMILES string of the molecule is CCCCn1cc(-c2ccc(OC(F)(F)F)cc2)c2cc(CN3CCC4(CCN(Cc5cccc(C)c5)CC4)C3)ccc21. The highest BCUT2D eigenvalue weighted by molar-refractivity contribution is 5.96. The molecule has 4 nitrogen and oxygen atoms in total. The molecule has 0 N–H and O–H groups in total. The average molecular weight is 590 g/mol. The highest BCUT2D eigenvalue weighted by atomic mass is 19.4. The van der Waals surface area contributed by atoms with Gasteiger partial charge in [0, 0.05) is 48.8 Å². The number of piperidine rings is 1. The van der Waals surface area contributed by atoms with Crippen molar-refractivity contribution >= 4 is 10.9 Å². The van der Waals surface area contributed by atoms with Crippen LogP contribution in [0.15, 0.2) is 72.9 Å². The second-order valence-electron chi connectivity index (χ2n) is 12.7. The number of benzene rings is 3. The van der Waals surface area contributed by atoms with Gasteiger partial charge in [-0.2, -0.15) is 0 Å². The maximum absolute atomic E-state index is 12.7. The number of unbranched alkanes of at least 4 members (excludes halogenated alkanes) is 1. The van der Waals surface area contributed by atoms with Crippen LogP contribution in [0.25, 0.3) is 22.0 Å². The molecule has 228 valence electrons. The molecule has 0 aliphatic carbocycles. The van der Waals surface area contributed by atoms with Crippen LogP contribution in [0.2, 0.25) is 0 Å². The van der Waals surface area contributed by atoms with Crippen LogP contribution in [-0.2, 0) is 19.6 Å². The molecule has 0 radical (unpaired) electrons. The molecule has 1 spiro atoms. The fourth-order valence-electron chi connectivity index (χ4n) is 7.11. The summed E-state index contributed by atoms with van der Waals surface area (Å²) in [5.41, 5.74) is 7.55. The second kappa shape index (κ2) is 12.4. The van der Waals surface area contributed by atoms with Crippen molar-refractivity contribution in [3.8, 4) is 16.9 Å². The zero-order valence-corrected chi connectivity index (χ0v) is 25.3. The predicted octanol–water partition coefficient (Wildman–Crippen LogP) is 8.80. The maximum atomic E-state index is 12.7. The molecule has 2 fully saturated rings. The molecular weight excluding hydrogens is 547 g/mol. The number of alkyl halides is 3. The van der Waals surface area contributed by atoms with Gasteiger partial charge in [-0.25, -0.2) is 0 Å².